The van der Waals surface area contributed by atoms with Gasteiger partial charge in [0.25, 0.3) is 0 Å². The monoisotopic (exact) mass is 337 g/mol. The Hall–Kier alpha value is -3.08. The summed E-state index contributed by atoms with van der Waals surface area (Å²) in [6.45, 7) is 4.02. The Morgan fingerprint density at radius 2 is 1.80 bits per heavy atom. The largest absolute Gasteiger partial charge is 0.494 e. The van der Waals surface area contributed by atoms with E-state index in [2.05, 4.69) is 4.98 Å². The van der Waals surface area contributed by atoms with Crippen molar-refractivity contribution >= 4 is 22.7 Å². The van der Waals surface area contributed by atoms with E-state index in [9.17, 15) is 9.59 Å². The maximum Gasteiger partial charge on any atom is 0.338 e. The van der Waals surface area contributed by atoms with E-state index in [0.29, 0.717) is 23.5 Å². The predicted octanol–water partition coefficient (Wildman–Crippen LogP) is 3.99. The molecule has 1 atom stereocenters. The zero-order valence-electron chi connectivity index (χ0n) is 14.1. The molecule has 0 saturated carbocycles. The van der Waals surface area contributed by atoms with E-state index in [1.54, 1.807) is 37.4 Å². The predicted molar refractivity (Wildman–Crippen MR) is 95.1 cm³/mol. The Labute approximate surface area is 145 Å². The molecule has 3 rings (SSSR count). The molecule has 0 amide bonds. The van der Waals surface area contributed by atoms with Gasteiger partial charge in [-0.3, -0.25) is 4.79 Å². The van der Waals surface area contributed by atoms with Crippen LogP contribution in [0.25, 0.3) is 10.9 Å². The van der Waals surface area contributed by atoms with Crippen molar-refractivity contribution in [2.45, 2.75) is 20.0 Å². The molecule has 0 aliphatic rings. The molecule has 1 N–H and O–H groups in total. The van der Waals surface area contributed by atoms with Crippen LogP contribution in [-0.4, -0.2) is 29.4 Å². The van der Waals surface area contributed by atoms with Crippen molar-refractivity contribution in [2.24, 2.45) is 0 Å². The molecule has 1 aromatic heterocycles. The second kappa shape index (κ2) is 7.21. The average Bonchev–Trinajstić information content (AvgIpc) is 3.06. The molecule has 128 valence electrons. The van der Waals surface area contributed by atoms with Gasteiger partial charge in [0.15, 0.2) is 6.10 Å². The third-order valence-corrected chi connectivity index (χ3v) is 3.91. The number of hydrogen-bond acceptors (Lipinski definition) is 4. The molecule has 0 bridgehead atoms. The number of carbonyl (C=O) groups excluding carboxylic acids is 2. The number of aromatic nitrogens is 1. The summed E-state index contributed by atoms with van der Waals surface area (Å²) in [5.41, 5.74) is 1.76. The fourth-order valence-corrected chi connectivity index (χ4v) is 2.63. The minimum Gasteiger partial charge on any atom is -0.494 e. The lowest BCUT2D eigenvalue weighted by Gasteiger charge is -2.12. The van der Waals surface area contributed by atoms with E-state index >= 15 is 0 Å². The lowest BCUT2D eigenvalue weighted by molar-refractivity contribution is 0.0319. The van der Waals surface area contributed by atoms with E-state index in [1.165, 1.54) is 0 Å². The van der Waals surface area contributed by atoms with Crippen LogP contribution in [0.4, 0.5) is 0 Å². The molecule has 0 spiro atoms. The first kappa shape index (κ1) is 16.8. The number of ketones is 1. The normalized spacial score (nSPS) is 11.9. The molecule has 25 heavy (non-hydrogen) atoms. The standard InChI is InChI=1S/C20H19NO4/c1-3-24-15-10-8-14(9-11-15)20(23)25-13(2)19(22)17-12-21-18-7-5-4-6-16(17)18/h4-13,21H,3H2,1-2H3. The van der Waals surface area contributed by atoms with Gasteiger partial charge in [-0.2, -0.15) is 0 Å². The molecule has 5 heteroatoms. The highest BCUT2D eigenvalue weighted by molar-refractivity contribution is 6.10. The first-order chi connectivity index (χ1) is 12.1. The van der Waals surface area contributed by atoms with Gasteiger partial charge in [0, 0.05) is 22.7 Å². The maximum atomic E-state index is 12.6. The van der Waals surface area contributed by atoms with Crippen molar-refractivity contribution < 1.29 is 19.1 Å². The van der Waals surface area contributed by atoms with Gasteiger partial charge in [0.2, 0.25) is 5.78 Å². The van der Waals surface area contributed by atoms with Crippen LogP contribution in [0.3, 0.4) is 0 Å². The van der Waals surface area contributed by atoms with Crippen LogP contribution in [0.1, 0.15) is 34.6 Å². The second-order valence-corrected chi connectivity index (χ2v) is 5.62. The van der Waals surface area contributed by atoms with Crippen LogP contribution in [0.5, 0.6) is 5.75 Å². The summed E-state index contributed by atoms with van der Waals surface area (Å²) in [5, 5.41) is 0.816. The van der Waals surface area contributed by atoms with Gasteiger partial charge in [-0.1, -0.05) is 18.2 Å². The van der Waals surface area contributed by atoms with Crippen molar-refractivity contribution in [3.8, 4) is 5.75 Å². The summed E-state index contributed by atoms with van der Waals surface area (Å²) in [6, 6.07) is 14.2. The number of Topliss-reactive ketones (excluding diaryl/α,β-unsaturated/α-hetero) is 1. The number of benzene rings is 2. The number of esters is 1. The van der Waals surface area contributed by atoms with Crippen molar-refractivity contribution in [1.29, 1.82) is 0 Å². The molecule has 1 heterocycles. The number of fused-ring (bicyclic) bond motifs is 1. The number of para-hydroxylation sites is 1. The number of nitrogens with one attached hydrogen (secondary N) is 1. The fourth-order valence-electron chi connectivity index (χ4n) is 2.63. The molecule has 2 aromatic carbocycles. The van der Waals surface area contributed by atoms with E-state index in [4.69, 9.17) is 9.47 Å². The Kier molecular flexibility index (Phi) is 4.84. The molecular weight excluding hydrogens is 318 g/mol. The number of carbonyl (C=O) groups is 2. The SMILES string of the molecule is CCOc1ccc(C(=O)OC(C)C(=O)c2c[nH]c3ccccc23)cc1. The first-order valence-corrected chi connectivity index (χ1v) is 8.14. The summed E-state index contributed by atoms with van der Waals surface area (Å²) in [5.74, 6) is -0.0950. The summed E-state index contributed by atoms with van der Waals surface area (Å²) >= 11 is 0. The Morgan fingerprint density at radius 3 is 2.52 bits per heavy atom. The maximum absolute atomic E-state index is 12.6. The number of ether oxygens (including phenoxy) is 2. The zero-order valence-corrected chi connectivity index (χ0v) is 14.1. The van der Waals surface area contributed by atoms with Gasteiger partial charge in [-0.25, -0.2) is 4.79 Å². The molecule has 0 saturated heterocycles. The quantitative estimate of drug-likeness (QED) is 0.545. The number of rotatable bonds is 6. The van der Waals surface area contributed by atoms with E-state index in [1.807, 2.05) is 31.2 Å². The molecule has 0 radical (unpaired) electrons. The second-order valence-electron chi connectivity index (χ2n) is 5.62. The smallest absolute Gasteiger partial charge is 0.338 e. The van der Waals surface area contributed by atoms with Gasteiger partial charge in [-0.15, -0.1) is 0 Å². The molecule has 0 fully saturated rings. The number of hydrogen-bond donors (Lipinski definition) is 1. The van der Waals surface area contributed by atoms with Crippen LogP contribution in [-0.2, 0) is 4.74 Å². The van der Waals surface area contributed by atoms with Gasteiger partial charge in [0.05, 0.1) is 12.2 Å². The van der Waals surface area contributed by atoms with Gasteiger partial charge in [-0.05, 0) is 44.2 Å². The minimum absolute atomic E-state index is 0.239. The average molecular weight is 337 g/mol. The highest BCUT2D eigenvalue weighted by Crippen LogP contribution is 2.20. The summed E-state index contributed by atoms with van der Waals surface area (Å²) in [4.78, 5) is 27.9. The van der Waals surface area contributed by atoms with E-state index < -0.39 is 12.1 Å². The van der Waals surface area contributed by atoms with Gasteiger partial charge in [0.1, 0.15) is 5.75 Å². The molecule has 1 unspecified atom stereocenters. The molecule has 0 aliphatic heterocycles. The van der Waals surface area contributed by atoms with Crippen LogP contribution >= 0.6 is 0 Å². The Morgan fingerprint density at radius 1 is 1.08 bits per heavy atom. The van der Waals surface area contributed by atoms with Crippen molar-refractivity contribution in [2.75, 3.05) is 6.61 Å². The van der Waals surface area contributed by atoms with Crippen LogP contribution in [0, 0.1) is 0 Å². The number of aromatic amines is 1. The molecule has 0 aliphatic carbocycles. The first-order valence-electron chi connectivity index (χ1n) is 8.14. The summed E-state index contributed by atoms with van der Waals surface area (Å²) in [6.07, 6.45) is 0.770. The lowest BCUT2D eigenvalue weighted by Crippen LogP contribution is -2.24. The topological polar surface area (TPSA) is 68.4 Å². The Bertz CT molecular complexity index is 895. The number of H-pyrrole nitrogens is 1. The highest BCUT2D eigenvalue weighted by atomic mass is 16.5. The van der Waals surface area contributed by atoms with Crippen molar-refractivity contribution in [1.82, 2.24) is 4.98 Å². The summed E-state index contributed by atoms with van der Waals surface area (Å²) < 4.78 is 10.7. The Balaban J connectivity index is 1.71. The molecule has 5 nitrogen and oxygen atoms in total. The van der Waals surface area contributed by atoms with E-state index in [0.717, 1.165) is 10.9 Å². The summed E-state index contributed by atoms with van der Waals surface area (Å²) in [7, 11) is 0. The van der Waals surface area contributed by atoms with Crippen LogP contribution < -0.4 is 4.74 Å². The van der Waals surface area contributed by atoms with Crippen molar-refractivity contribution in [3.63, 3.8) is 0 Å². The molecule has 3 aromatic rings. The highest BCUT2D eigenvalue weighted by Gasteiger charge is 2.22. The van der Waals surface area contributed by atoms with Crippen LogP contribution in [0.15, 0.2) is 54.7 Å². The molecular formula is C20H19NO4. The fraction of sp³-hybridized carbons (Fsp3) is 0.200. The minimum atomic E-state index is -0.877. The van der Waals surface area contributed by atoms with E-state index in [-0.39, 0.29) is 5.78 Å². The zero-order chi connectivity index (χ0) is 17.8. The van der Waals surface area contributed by atoms with Gasteiger partial charge < -0.3 is 14.5 Å². The third-order valence-electron chi connectivity index (χ3n) is 3.91. The third kappa shape index (κ3) is 3.55. The lowest BCUT2D eigenvalue weighted by atomic mass is 10.1. The van der Waals surface area contributed by atoms with Gasteiger partial charge >= 0.3 is 5.97 Å². The van der Waals surface area contributed by atoms with Crippen LogP contribution in [0.2, 0.25) is 0 Å². The van der Waals surface area contributed by atoms with Crippen molar-refractivity contribution in [3.05, 3.63) is 65.9 Å².